The van der Waals surface area contributed by atoms with Gasteiger partial charge in [-0.25, -0.2) is 0 Å². The highest BCUT2D eigenvalue weighted by atomic mass is 15.2. The third-order valence-corrected chi connectivity index (χ3v) is 22.1. The summed E-state index contributed by atoms with van der Waals surface area (Å²) in [5.74, 6) is 0. The lowest BCUT2D eigenvalue weighted by atomic mass is 9.48. The zero-order chi connectivity index (χ0) is 55.6. The van der Waals surface area contributed by atoms with E-state index in [2.05, 4.69) is 290 Å². The largest absolute Gasteiger partial charge is 0.344 e. The van der Waals surface area contributed by atoms with Gasteiger partial charge in [-0.15, -0.1) is 0 Å². The zero-order valence-corrected chi connectivity index (χ0v) is 47.7. The molecule has 84 heavy (non-hydrogen) atoms. The normalized spacial score (nSPS) is 17.4. The van der Waals surface area contributed by atoms with Crippen LogP contribution in [-0.2, 0) is 47.3 Å². The van der Waals surface area contributed by atoms with E-state index >= 15 is 0 Å². The number of para-hydroxylation sites is 8. The minimum atomic E-state index is -0.470. The van der Waals surface area contributed by atoms with E-state index in [9.17, 15) is 0 Å². The summed E-state index contributed by atoms with van der Waals surface area (Å²) < 4.78 is 0. The zero-order valence-electron chi connectivity index (χ0n) is 47.7. The maximum atomic E-state index is 2.51. The fourth-order valence-electron chi connectivity index (χ4n) is 19.3. The van der Waals surface area contributed by atoms with Gasteiger partial charge in [-0.1, -0.05) is 194 Å². The van der Waals surface area contributed by atoms with E-state index < -0.39 is 21.7 Å². The van der Waals surface area contributed by atoms with Crippen LogP contribution in [0.15, 0.2) is 243 Å². The van der Waals surface area contributed by atoms with Gasteiger partial charge in [0.15, 0.2) is 0 Å². The Kier molecular flexibility index (Phi) is 9.00. The minimum absolute atomic E-state index is 0.470. The summed E-state index contributed by atoms with van der Waals surface area (Å²) in [6.45, 7) is 0. The summed E-state index contributed by atoms with van der Waals surface area (Å²) in [5.41, 5.74) is 31.2. The molecule has 400 valence electrons. The average Bonchev–Trinajstić information content (AvgIpc) is 1.45. The fraction of sp³-hybridized carbons (Fsp3) is 0.150. The van der Waals surface area contributed by atoms with Gasteiger partial charge in [0.1, 0.15) is 0 Å². The molecule has 0 atom stereocenters. The van der Waals surface area contributed by atoms with Crippen molar-refractivity contribution < 1.29 is 0 Å². The molecule has 0 saturated carbocycles. The van der Waals surface area contributed by atoms with Crippen LogP contribution in [0.5, 0.6) is 0 Å². The van der Waals surface area contributed by atoms with Crippen molar-refractivity contribution in [2.45, 2.75) is 47.3 Å². The standard InChI is InChI=1S/2C40H30N2/c2*1-41-33-15-7-3-11-27(33)39(28-12-4-8-16-34(28)41)31-23-21-25-19-20-26-22-24-32(38(31)37(25)26)40(39)29-13-5-9-17-35(29)42(2)36-18-10-6-14-30(36)40/h2*3-18,21-24H,19-20H2,1-2H3. The van der Waals surface area contributed by atoms with Crippen molar-refractivity contribution in [2.24, 2.45) is 0 Å². The van der Waals surface area contributed by atoms with Crippen molar-refractivity contribution in [3.8, 4) is 0 Å². The summed E-state index contributed by atoms with van der Waals surface area (Å²) in [6.07, 6.45) is 4.51. The van der Waals surface area contributed by atoms with Crippen molar-refractivity contribution in [2.75, 3.05) is 47.8 Å². The van der Waals surface area contributed by atoms with Crippen molar-refractivity contribution in [1.29, 1.82) is 0 Å². The molecule has 0 saturated heterocycles. The van der Waals surface area contributed by atoms with E-state index in [4.69, 9.17) is 0 Å². The van der Waals surface area contributed by atoms with E-state index in [0.29, 0.717) is 0 Å². The summed E-state index contributed by atoms with van der Waals surface area (Å²) >= 11 is 0. The first-order chi connectivity index (χ1) is 41.4. The van der Waals surface area contributed by atoms with E-state index in [-0.39, 0.29) is 0 Å². The Morgan fingerprint density at radius 1 is 0.190 bits per heavy atom. The van der Waals surface area contributed by atoms with Gasteiger partial charge in [-0.2, -0.15) is 0 Å². The van der Waals surface area contributed by atoms with Gasteiger partial charge in [0.2, 0.25) is 0 Å². The van der Waals surface area contributed by atoms with Gasteiger partial charge in [-0.3, -0.25) is 0 Å². The van der Waals surface area contributed by atoms with E-state index in [1.54, 1.807) is 0 Å². The lowest BCUT2D eigenvalue weighted by Crippen LogP contribution is -2.54. The maximum absolute atomic E-state index is 2.51. The molecule has 0 amide bonds. The van der Waals surface area contributed by atoms with Crippen LogP contribution in [-0.4, -0.2) is 28.2 Å². The Morgan fingerprint density at radius 2 is 0.357 bits per heavy atom. The summed E-state index contributed by atoms with van der Waals surface area (Å²) in [5, 5.41) is 5.96. The highest BCUT2D eigenvalue weighted by molar-refractivity contribution is 6.08. The van der Waals surface area contributed by atoms with Crippen LogP contribution in [0.1, 0.15) is 89.0 Å². The predicted octanol–water partition coefficient (Wildman–Crippen LogP) is 17.6. The molecule has 12 aromatic rings. The first-order valence-electron chi connectivity index (χ1n) is 30.3. The molecule has 12 aromatic carbocycles. The maximum Gasteiger partial charge on any atom is 0.0678 e. The Morgan fingerprint density at radius 3 is 0.536 bits per heavy atom. The molecular weight excluding hydrogens is 1020 g/mol. The SMILES string of the molecule is CN1c2ccccc2C2(c3ccccc31)c1ccc3c4c(ccc(c14)C21c2ccccc2N(C)c2ccccc21)CC3.CN1c2ccccc2C2(c3ccccc31)c1ccc3c4c(ccc(c14)C21c2ccccc2N(C)c2ccccc21)CC3. The molecular formula is C80H60N4. The summed E-state index contributed by atoms with van der Waals surface area (Å²) in [7, 11) is 8.95. The number of hydrogen-bond donors (Lipinski definition) is 0. The predicted molar refractivity (Wildman–Crippen MR) is 346 cm³/mol. The number of nitrogens with zero attached hydrogens (tertiary/aromatic N) is 4. The first-order valence-corrected chi connectivity index (χ1v) is 30.3. The monoisotopic (exact) mass is 1080 g/mol. The number of aryl methyl sites for hydroxylation is 4. The van der Waals surface area contributed by atoms with E-state index in [1.165, 1.54) is 156 Å². The number of anilines is 8. The highest BCUT2D eigenvalue weighted by Crippen LogP contribution is 2.75. The smallest absolute Gasteiger partial charge is 0.0678 e. The lowest BCUT2D eigenvalue weighted by molar-refractivity contribution is 0.435. The van der Waals surface area contributed by atoms with Crippen LogP contribution in [0, 0.1) is 0 Å². The molecule has 0 radical (unpaired) electrons. The van der Waals surface area contributed by atoms with Gasteiger partial charge >= 0.3 is 0 Å². The molecule has 4 aliphatic carbocycles. The van der Waals surface area contributed by atoms with Crippen LogP contribution in [0.25, 0.3) is 21.5 Å². The van der Waals surface area contributed by atoms with Crippen LogP contribution in [0.4, 0.5) is 45.5 Å². The second-order valence-electron chi connectivity index (χ2n) is 25.0. The Bertz CT molecular complexity index is 4130. The Balaban J connectivity index is 0.000000124. The molecule has 8 aliphatic rings. The van der Waals surface area contributed by atoms with E-state index in [1.807, 2.05) is 0 Å². The van der Waals surface area contributed by atoms with Gasteiger partial charge in [-0.05, 0) is 185 Å². The van der Waals surface area contributed by atoms with Gasteiger partial charge in [0, 0.05) is 73.7 Å². The van der Waals surface area contributed by atoms with Crippen LogP contribution < -0.4 is 19.6 Å². The number of hydrogen-bond acceptors (Lipinski definition) is 4. The molecule has 4 nitrogen and oxygen atoms in total. The van der Waals surface area contributed by atoms with Crippen LogP contribution in [0.3, 0.4) is 0 Å². The van der Waals surface area contributed by atoms with Crippen molar-refractivity contribution in [3.05, 3.63) is 332 Å². The number of fused-ring (bicyclic) bond motifs is 22. The fourth-order valence-corrected chi connectivity index (χ4v) is 19.3. The van der Waals surface area contributed by atoms with Crippen molar-refractivity contribution >= 4 is 67.0 Å². The number of benzene rings is 12. The van der Waals surface area contributed by atoms with Gasteiger partial charge < -0.3 is 19.6 Å². The molecule has 0 bridgehead atoms. The minimum Gasteiger partial charge on any atom is -0.344 e. The molecule has 4 heteroatoms. The molecule has 0 N–H and O–H groups in total. The molecule has 0 fully saturated rings. The lowest BCUT2D eigenvalue weighted by Gasteiger charge is -2.56. The van der Waals surface area contributed by atoms with Crippen molar-refractivity contribution in [1.82, 2.24) is 0 Å². The second-order valence-corrected chi connectivity index (χ2v) is 25.0. The molecule has 4 aliphatic heterocycles. The Labute approximate surface area is 491 Å². The number of rotatable bonds is 0. The third-order valence-electron chi connectivity index (χ3n) is 22.1. The van der Waals surface area contributed by atoms with Gasteiger partial charge in [0.05, 0.1) is 21.7 Å². The molecule has 20 rings (SSSR count). The summed E-state index contributed by atoms with van der Waals surface area (Å²) in [6, 6.07) is 93.4. The van der Waals surface area contributed by atoms with Crippen molar-refractivity contribution in [3.63, 3.8) is 0 Å². The Hall–Kier alpha value is -9.64. The van der Waals surface area contributed by atoms with E-state index in [0.717, 1.165) is 25.7 Å². The molecule has 0 aromatic heterocycles. The van der Waals surface area contributed by atoms with Gasteiger partial charge in [0.25, 0.3) is 0 Å². The average molecular weight is 1080 g/mol. The quantitative estimate of drug-likeness (QED) is 0.150. The van der Waals surface area contributed by atoms with Crippen LogP contribution in [0.2, 0.25) is 0 Å². The first kappa shape index (κ1) is 46.9. The molecule has 4 spiro atoms. The molecule has 4 heterocycles. The van der Waals surface area contributed by atoms with Crippen LogP contribution >= 0.6 is 0 Å². The second kappa shape index (κ2) is 16.1. The molecule has 0 unspecified atom stereocenters. The third kappa shape index (κ3) is 5.04. The topological polar surface area (TPSA) is 13.0 Å². The summed E-state index contributed by atoms with van der Waals surface area (Å²) in [4.78, 5) is 9.64. The highest BCUT2D eigenvalue weighted by Gasteiger charge is 2.69.